The maximum absolute atomic E-state index is 11.5. The second-order valence-corrected chi connectivity index (χ2v) is 3.31. The van der Waals surface area contributed by atoms with Gasteiger partial charge in [0.15, 0.2) is 0 Å². The smallest absolute Gasteiger partial charge is 0.325 e. The van der Waals surface area contributed by atoms with E-state index in [1.54, 1.807) is 6.92 Å². The standard InChI is InChI=1S/C10H13N3O6/c1-2-18-8-5-11-10(19-8)9(17)13-12-6(14)3-4-7(15)16/h5H,2-4H2,1H3,(H,12,14)(H,13,17)(H,15,16). The molecule has 1 heterocycles. The van der Waals surface area contributed by atoms with Crippen LogP contribution in [0.4, 0.5) is 0 Å². The van der Waals surface area contributed by atoms with Crippen LogP contribution in [0, 0.1) is 0 Å². The molecule has 2 amide bonds. The van der Waals surface area contributed by atoms with E-state index in [0.29, 0.717) is 6.61 Å². The Hall–Kier alpha value is -2.58. The van der Waals surface area contributed by atoms with Crippen molar-refractivity contribution >= 4 is 17.8 Å². The maximum atomic E-state index is 11.5. The average Bonchev–Trinajstić information content (AvgIpc) is 2.82. The summed E-state index contributed by atoms with van der Waals surface area (Å²) in [5.74, 6) is -2.69. The molecule has 0 fully saturated rings. The largest absolute Gasteiger partial charge is 0.481 e. The van der Waals surface area contributed by atoms with Crippen molar-refractivity contribution in [2.24, 2.45) is 0 Å². The number of amides is 2. The molecule has 104 valence electrons. The second-order valence-electron chi connectivity index (χ2n) is 3.31. The van der Waals surface area contributed by atoms with Crippen molar-refractivity contribution in [2.75, 3.05) is 6.61 Å². The molecule has 0 unspecified atom stereocenters. The van der Waals surface area contributed by atoms with Crippen LogP contribution in [0.3, 0.4) is 0 Å². The fourth-order valence-electron chi connectivity index (χ4n) is 1.04. The van der Waals surface area contributed by atoms with E-state index in [4.69, 9.17) is 14.3 Å². The van der Waals surface area contributed by atoms with E-state index in [2.05, 4.69) is 4.98 Å². The number of carboxylic acid groups (broad SMARTS) is 1. The Morgan fingerprint density at radius 3 is 2.74 bits per heavy atom. The summed E-state index contributed by atoms with van der Waals surface area (Å²) in [6.07, 6.45) is 0.658. The summed E-state index contributed by atoms with van der Waals surface area (Å²) in [4.78, 5) is 36.4. The third-order valence-corrected chi connectivity index (χ3v) is 1.85. The van der Waals surface area contributed by atoms with Crippen molar-refractivity contribution in [3.8, 4) is 5.95 Å². The predicted molar refractivity (Wildman–Crippen MR) is 60.2 cm³/mol. The highest BCUT2D eigenvalue weighted by atomic mass is 16.6. The van der Waals surface area contributed by atoms with Crippen LogP contribution >= 0.6 is 0 Å². The number of carbonyl (C=O) groups excluding carboxylic acids is 2. The van der Waals surface area contributed by atoms with Gasteiger partial charge in [-0.05, 0) is 6.92 Å². The van der Waals surface area contributed by atoms with Gasteiger partial charge in [0.2, 0.25) is 5.91 Å². The molecule has 0 aromatic carbocycles. The lowest BCUT2D eigenvalue weighted by Gasteiger charge is -2.03. The molecule has 0 aliphatic heterocycles. The number of nitrogens with one attached hydrogen (secondary N) is 2. The number of rotatable bonds is 6. The van der Waals surface area contributed by atoms with E-state index in [1.807, 2.05) is 10.9 Å². The van der Waals surface area contributed by atoms with E-state index in [9.17, 15) is 14.4 Å². The first-order valence-corrected chi connectivity index (χ1v) is 5.42. The lowest BCUT2D eigenvalue weighted by Crippen LogP contribution is -2.41. The number of aromatic nitrogens is 1. The summed E-state index contributed by atoms with van der Waals surface area (Å²) in [7, 11) is 0. The number of carbonyl (C=O) groups is 3. The SMILES string of the molecule is CCOc1cnc(C(=O)NNC(=O)CCC(=O)O)o1. The van der Waals surface area contributed by atoms with E-state index in [0.717, 1.165) is 0 Å². The third-order valence-electron chi connectivity index (χ3n) is 1.85. The number of carboxylic acids is 1. The van der Waals surface area contributed by atoms with E-state index >= 15 is 0 Å². The van der Waals surface area contributed by atoms with Crippen LogP contribution in [0.2, 0.25) is 0 Å². The lowest BCUT2D eigenvalue weighted by atomic mass is 10.3. The van der Waals surface area contributed by atoms with Crippen LogP contribution in [-0.2, 0) is 9.59 Å². The van der Waals surface area contributed by atoms with Gasteiger partial charge in [-0.25, -0.2) is 4.98 Å². The minimum Gasteiger partial charge on any atom is -0.481 e. The Labute approximate surface area is 107 Å². The highest BCUT2D eigenvalue weighted by Gasteiger charge is 2.14. The molecule has 1 aromatic rings. The molecule has 0 saturated carbocycles. The highest BCUT2D eigenvalue weighted by molar-refractivity contribution is 5.91. The monoisotopic (exact) mass is 271 g/mol. The number of hydrazine groups is 1. The summed E-state index contributed by atoms with van der Waals surface area (Å²) in [6, 6.07) is 0. The van der Waals surface area contributed by atoms with Gasteiger partial charge in [-0.1, -0.05) is 0 Å². The van der Waals surface area contributed by atoms with Crippen molar-refractivity contribution in [2.45, 2.75) is 19.8 Å². The molecule has 0 saturated heterocycles. The first-order valence-electron chi connectivity index (χ1n) is 5.42. The number of nitrogens with zero attached hydrogens (tertiary/aromatic N) is 1. The number of hydrogen-bond donors (Lipinski definition) is 3. The molecule has 0 radical (unpaired) electrons. The maximum Gasteiger partial charge on any atom is 0.325 e. The second kappa shape index (κ2) is 6.99. The predicted octanol–water partition coefficient (Wildman–Crippen LogP) is -0.301. The molecule has 0 aliphatic carbocycles. The van der Waals surface area contributed by atoms with Gasteiger partial charge >= 0.3 is 17.8 Å². The zero-order chi connectivity index (χ0) is 14.3. The Bertz CT molecular complexity index is 470. The number of ether oxygens (including phenoxy) is 1. The van der Waals surface area contributed by atoms with Gasteiger partial charge < -0.3 is 14.3 Å². The minimum absolute atomic E-state index is 0.0878. The van der Waals surface area contributed by atoms with Crippen LogP contribution in [-0.4, -0.2) is 34.5 Å². The summed E-state index contributed by atoms with van der Waals surface area (Å²) in [5.41, 5.74) is 4.07. The van der Waals surface area contributed by atoms with Crippen LogP contribution in [0.5, 0.6) is 5.95 Å². The number of oxazole rings is 1. The summed E-state index contributed by atoms with van der Waals surface area (Å²) in [5, 5.41) is 8.36. The van der Waals surface area contributed by atoms with Crippen LogP contribution in [0.1, 0.15) is 30.5 Å². The molecular formula is C10H13N3O6. The van der Waals surface area contributed by atoms with Crippen LogP contribution < -0.4 is 15.6 Å². The fourth-order valence-corrected chi connectivity index (χ4v) is 1.04. The Balaban J connectivity index is 2.37. The molecule has 0 bridgehead atoms. The van der Waals surface area contributed by atoms with Gasteiger partial charge in [-0.15, -0.1) is 0 Å². The van der Waals surface area contributed by atoms with Crippen molar-refractivity contribution in [1.29, 1.82) is 0 Å². The summed E-state index contributed by atoms with van der Waals surface area (Å²) < 4.78 is 9.89. The molecule has 9 heteroatoms. The van der Waals surface area contributed by atoms with Gasteiger partial charge in [0.05, 0.1) is 13.0 Å². The molecule has 19 heavy (non-hydrogen) atoms. The molecule has 0 spiro atoms. The lowest BCUT2D eigenvalue weighted by molar-refractivity contribution is -0.138. The molecular weight excluding hydrogens is 258 g/mol. The van der Waals surface area contributed by atoms with Crippen molar-refractivity contribution in [1.82, 2.24) is 15.8 Å². The number of hydrogen-bond acceptors (Lipinski definition) is 6. The van der Waals surface area contributed by atoms with E-state index in [1.165, 1.54) is 6.20 Å². The zero-order valence-corrected chi connectivity index (χ0v) is 10.1. The van der Waals surface area contributed by atoms with E-state index in [-0.39, 0.29) is 24.7 Å². The van der Waals surface area contributed by atoms with Gasteiger partial charge in [0, 0.05) is 6.42 Å². The Morgan fingerprint density at radius 1 is 1.37 bits per heavy atom. The topological polar surface area (TPSA) is 131 Å². The van der Waals surface area contributed by atoms with Gasteiger partial charge in [-0.3, -0.25) is 25.2 Å². The molecule has 1 rings (SSSR count). The molecule has 3 N–H and O–H groups in total. The molecule has 1 aromatic heterocycles. The van der Waals surface area contributed by atoms with E-state index < -0.39 is 17.8 Å². The fraction of sp³-hybridized carbons (Fsp3) is 0.400. The summed E-state index contributed by atoms with van der Waals surface area (Å²) >= 11 is 0. The number of aliphatic carboxylic acids is 1. The Kier molecular flexibility index (Phi) is 5.33. The molecule has 0 aliphatic rings. The third kappa shape index (κ3) is 5.06. The average molecular weight is 271 g/mol. The van der Waals surface area contributed by atoms with Crippen molar-refractivity contribution in [3.63, 3.8) is 0 Å². The van der Waals surface area contributed by atoms with Crippen molar-refractivity contribution < 1.29 is 28.6 Å². The van der Waals surface area contributed by atoms with Crippen molar-refractivity contribution in [3.05, 3.63) is 12.1 Å². The van der Waals surface area contributed by atoms with Crippen LogP contribution in [0.25, 0.3) is 0 Å². The normalized spacial score (nSPS) is 9.74. The first kappa shape index (κ1) is 14.5. The molecule has 9 nitrogen and oxygen atoms in total. The zero-order valence-electron chi connectivity index (χ0n) is 10.1. The Morgan fingerprint density at radius 2 is 2.11 bits per heavy atom. The van der Waals surface area contributed by atoms with Crippen LogP contribution in [0.15, 0.2) is 10.6 Å². The highest BCUT2D eigenvalue weighted by Crippen LogP contribution is 2.11. The molecule has 0 atom stereocenters. The first-order chi connectivity index (χ1) is 9.02. The quantitative estimate of drug-likeness (QED) is 0.605. The minimum atomic E-state index is -1.10. The van der Waals surface area contributed by atoms with Gasteiger partial charge in [0.1, 0.15) is 6.20 Å². The summed E-state index contributed by atoms with van der Waals surface area (Å²) in [6.45, 7) is 2.10. The van der Waals surface area contributed by atoms with Gasteiger partial charge in [-0.2, -0.15) is 0 Å². The van der Waals surface area contributed by atoms with Gasteiger partial charge in [0.25, 0.3) is 5.89 Å².